The van der Waals surface area contributed by atoms with Crippen molar-refractivity contribution < 1.29 is 22.7 Å². The van der Waals surface area contributed by atoms with Crippen molar-refractivity contribution in [1.82, 2.24) is 4.90 Å². The van der Waals surface area contributed by atoms with Crippen molar-refractivity contribution in [2.45, 2.75) is 31.1 Å². The molecule has 0 bridgehead atoms. The van der Waals surface area contributed by atoms with Crippen LogP contribution in [0.25, 0.3) is 0 Å². The molecule has 9 heteroatoms. The molecule has 2 aliphatic heterocycles. The van der Waals surface area contributed by atoms with Gasteiger partial charge in [0.05, 0.1) is 17.2 Å². The number of rotatable bonds is 4. The number of anilines is 1. The highest BCUT2D eigenvalue weighted by atomic mass is 32.2. The third kappa shape index (κ3) is 3.44. The number of piperidine rings is 1. The summed E-state index contributed by atoms with van der Waals surface area (Å²) in [7, 11) is -4.05. The van der Waals surface area contributed by atoms with E-state index < -0.39 is 26.8 Å². The smallest absolute Gasteiger partial charge is 0.327 e. The molecule has 1 amide bonds. The number of ether oxygens (including phenoxy) is 1. The molecule has 1 aromatic rings. The van der Waals surface area contributed by atoms with Crippen LogP contribution in [0.4, 0.5) is 5.69 Å². The molecule has 26 heavy (non-hydrogen) atoms. The Morgan fingerprint density at radius 2 is 1.85 bits per heavy atom. The van der Waals surface area contributed by atoms with Gasteiger partial charge < -0.3 is 9.64 Å². The molecule has 0 spiro atoms. The van der Waals surface area contributed by atoms with Crippen LogP contribution in [-0.4, -0.2) is 56.5 Å². The third-order valence-corrected chi connectivity index (χ3v) is 6.00. The highest BCUT2D eigenvalue weighted by Crippen LogP contribution is 2.32. The second kappa shape index (κ2) is 7.45. The first-order chi connectivity index (χ1) is 12.4. The lowest BCUT2D eigenvalue weighted by Gasteiger charge is -2.30. The van der Waals surface area contributed by atoms with Crippen molar-refractivity contribution >= 4 is 32.4 Å². The summed E-state index contributed by atoms with van der Waals surface area (Å²) in [6.45, 7) is 2.63. The summed E-state index contributed by atoms with van der Waals surface area (Å²) < 4.78 is 30.8. The Labute approximate surface area is 152 Å². The van der Waals surface area contributed by atoms with Gasteiger partial charge in [0.15, 0.2) is 0 Å². The molecule has 0 atom stereocenters. The van der Waals surface area contributed by atoms with E-state index in [0.717, 1.165) is 19.3 Å². The van der Waals surface area contributed by atoms with Crippen molar-refractivity contribution in [3.8, 4) is 0 Å². The first kappa shape index (κ1) is 18.4. The van der Waals surface area contributed by atoms with Gasteiger partial charge >= 0.3 is 5.97 Å². The number of esters is 1. The van der Waals surface area contributed by atoms with E-state index >= 15 is 0 Å². The number of carbonyl (C=O) groups excluding carboxylic acids is 2. The van der Waals surface area contributed by atoms with Crippen LogP contribution < -0.4 is 5.01 Å². The summed E-state index contributed by atoms with van der Waals surface area (Å²) in [5.41, 5.74) is 0.260. The van der Waals surface area contributed by atoms with Crippen LogP contribution in [0, 0.1) is 0 Å². The lowest BCUT2D eigenvalue weighted by Crippen LogP contribution is -2.46. The predicted molar refractivity (Wildman–Crippen MR) is 95.5 cm³/mol. The van der Waals surface area contributed by atoms with E-state index in [4.69, 9.17) is 4.74 Å². The molecule has 0 unspecified atom stereocenters. The largest absolute Gasteiger partial charge is 0.465 e. The quantitative estimate of drug-likeness (QED) is 0.729. The maximum atomic E-state index is 12.9. The second-order valence-electron chi connectivity index (χ2n) is 6.09. The van der Waals surface area contributed by atoms with E-state index in [9.17, 15) is 18.0 Å². The van der Waals surface area contributed by atoms with Gasteiger partial charge in [-0.2, -0.15) is 5.10 Å². The molecule has 0 saturated carbocycles. The third-order valence-electron chi connectivity index (χ3n) is 4.31. The lowest BCUT2D eigenvalue weighted by atomic mass is 10.1. The molecule has 140 valence electrons. The van der Waals surface area contributed by atoms with Gasteiger partial charge in [0.2, 0.25) is 14.9 Å². The van der Waals surface area contributed by atoms with Crippen LogP contribution >= 0.6 is 0 Å². The van der Waals surface area contributed by atoms with Crippen LogP contribution in [-0.2, 0) is 24.2 Å². The van der Waals surface area contributed by atoms with E-state index in [1.807, 2.05) is 0 Å². The zero-order valence-electron chi connectivity index (χ0n) is 14.6. The minimum atomic E-state index is -4.05. The summed E-state index contributed by atoms with van der Waals surface area (Å²) in [6, 6.07) is 6.20. The maximum absolute atomic E-state index is 12.9. The van der Waals surface area contributed by atoms with E-state index in [0.29, 0.717) is 13.1 Å². The Morgan fingerprint density at radius 1 is 1.15 bits per heavy atom. The summed E-state index contributed by atoms with van der Waals surface area (Å²) in [6.07, 6.45) is 2.69. The number of para-hydroxylation sites is 1. The Bertz CT molecular complexity index is 844. The van der Waals surface area contributed by atoms with Crippen LogP contribution in [0.2, 0.25) is 0 Å². The normalized spacial score (nSPS) is 18.7. The Hall–Kier alpha value is -2.42. The molecule has 2 aliphatic rings. The molecule has 0 N–H and O–H groups in total. The van der Waals surface area contributed by atoms with Gasteiger partial charge in [0.25, 0.3) is 5.91 Å². The van der Waals surface area contributed by atoms with Gasteiger partial charge in [0, 0.05) is 13.1 Å². The standard InChI is InChI=1S/C17H21N3O5S/c1-2-25-15(21)12-20-13-8-4-5-9-14(13)26(23,24)16(18-20)17(22)19-10-6-3-7-11-19/h4-5,8-9H,2-3,6-7,10-12H2,1H3. The number of likely N-dealkylation sites (tertiary alicyclic amines) is 1. The molecular weight excluding hydrogens is 358 g/mol. The van der Waals surface area contributed by atoms with E-state index in [-0.39, 0.29) is 23.7 Å². The number of sulfone groups is 1. The minimum Gasteiger partial charge on any atom is -0.465 e. The zero-order chi connectivity index (χ0) is 18.7. The Morgan fingerprint density at radius 3 is 2.54 bits per heavy atom. The SMILES string of the molecule is CCOC(=O)CN1N=C(C(=O)N2CCCCC2)S(=O)(=O)c2ccccc21. The predicted octanol–water partition coefficient (Wildman–Crippen LogP) is 1.17. The van der Waals surface area contributed by atoms with Crippen molar-refractivity contribution in [3.63, 3.8) is 0 Å². The second-order valence-corrected chi connectivity index (χ2v) is 7.93. The maximum Gasteiger partial charge on any atom is 0.327 e. The Kier molecular flexibility index (Phi) is 5.26. The van der Waals surface area contributed by atoms with Crippen LogP contribution in [0.5, 0.6) is 0 Å². The van der Waals surface area contributed by atoms with Crippen molar-refractivity contribution in [3.05, 3.63) is 24.3 Å². The fourth-order valence-electron chi connectivity index (χ4n) is 3.06. The van der Waals surface area contributed by atoms with Crippen molar-refractivity contribution in [2.75, 3.05) is 31.3 Å². The number of carbonyl (C=O) groups is 2. The van der Waals surface area contributed by atoms with Crippen LogP contribution in [0.3, 0.4) is 0 Å². The van der Waals surface area contributed by atoms with E-state index in [1.54, 1.807) is 25.1 Å². The molecule has 1 aromatic carbocycles. The molecule has 1 fully saturated rings. The van der Waals surface area contributed by atoms with Crippen molar-refractivity contribution in [1.29, 1.82) is 0 Å². The molecule has 1 saturated heterocycles. The van der Waals surface area contributed by atoms with Gasteiger partial charge in [-0.3, -0.25) is 14.6 Å². The van der Waals surface area contributed by atoms with Crippen molar-refractivity contribution in [2.24, 2.45) is 5.10 Å². The highest BCUT2D eigenvalue weighted by Gasteiger charge is 2.39. The molecular formula is C17H21N3O5S. The average Bonchev–Trinajstić information content (AvgIpc) is 2.64. The zero-order valence-corrected chi connectivity index (χ0v) is 15.4. The molecule has 3 rings (SSSR count). The van der Waals surface area contributed by atoms with Crippen LogP contribution in [0.1, 0.15) is 26.2 Å². The number of benzene rings is 1. The van der Waals surface area contributed by atoms with Gasteiger partial charge in [0.1, 0.15) is 6.54 Å². The number of amides is 1. The summed E-state index contributed by atoms with van der Waals surface area (Å²) in [5, 5.41) is 4.73. The average molecular weight is 379 g/mol. The number of hydrogen-bond acceptors (Lipinski definition) is 7. The molecule has 2 heterocycles. The molecule has 0 radical (unpaired) electrons. The number of nitrogens with zero attached hydrogens (tertiary/aromatic N) is 3. The molecule has 8 nitrogen and oxygen atoms in total. The minimum absolute atomic E-state index is 0.0281. The van der Waals surface area contributed by atoms with E-state index in [1.165, 1.54) is 16.0 Å². The Balaban J connectivity index is 2.00. The number of hydrogen-bond donors (Lipinski definition) is 0. The highest BCUT2D eigenvalue weighted by molar-refractivity contribution is 8.08. The fourth-order valence-corrected chi connectivity index (χ4v) is 4.54. The topological polar surface area (TPSA) is 96.3 Å². The van der Waals surface area contributed by atoms with Gasteiger partial charge in [-0.15, -0.1) is 0 Å². The first-order valence-corrected chi connectivity index (χ1v) is 10.1. The van der Waals surface area contributed by atoms with Crippen LogP contribution in [0.15, 0.2) is 34.3 Å². The fraction of sp³-hybridized carbons (Fsp3) is 0.471. The van der Waals surface area contributed by atoms with Gasteiger partial charge in [-0.05, 0) is 38.3 Å². The summed E-state index contributed by atoms with van der Waals surface area (Å²) >= 11 is 0. The summed E-state index contributed by atoms with van der Waals surface area (Å²) in [5.74, 6) is -1.16. The van der Waals surface area contributed by atoms with Gasteiger partial charge in [-0.25, -0.2) is 8.42 Å². The van der Waals surface area contributed by atoms with E-state index in [2.05, 4.69) is 5.10 Å². The lowest BCUT2D eigenvalue weighted by molar-refractivity contribution is -0.141. The number of hydrazone groups is 1. The molecule has 0 aromatic heterocycles. The molecule has 0 aliphatic carbocycles. The first-order valence-electron chi connectivity index (χ1n) is 8.60. The summed E-state index contributed by atoms with van der Waals surface area (Å²) in [4.78, 5) is 26.2. The monoisotopic (exact) mass is 379 g/mol. The number of fused-ring (bicyclic) bond motifs is 1. The van der Waals surface area contributed by atoms with Gasteiger partial charge in [-0.1, -0.05) is 12.1 Å².